The first-order valence-electron chi connectivity index (χ1n) is 9.46. The van der Waals surface area contributed by atoms with Gasteiger partial charge < -0.3 is 14.4 Å². The monoisotopic (exact) mass is 386 g/mol. The minimum atomic E-state index is -0.272. The second kappa shape index (κ2) is 9.06. The molecule has 6 heteroatoms. The van der Waals surface area contributed by atoms with E-state index < -0.39 is 0 Å². The molecule has 2 aromatic carbocycles. The summed E-state index contributed by atoms with van der Waals surface area (Å²) in [5.74, 6) is 1.30. The van der Waals surface area contributed by atoms with Gasteiger partial charge in [-0.05, 0) is 43.1 Å². The van der Waals surface area contributed by atoms with Crippen LogP contribution in [0, 0.1) is 5.82 Å². The Labute approximate surface area is 165 Å². The lowest BCUT2D eigenvalue weighted by Crippen LogP contribution is -2.37. The predicted octanol–water partition coefficient (Wildman–Crippen LogP) is 3.64. The maximum absolute atomic E-state index is 13.1. The Bertz CT molecular complexity index is 810. The van der Waals surface area contributed by atoms with E-state index in [2.05, 4.69) is 4.90 Å². The van der Waals surface area contributed by atoms with Gasteiger partial charge >= 0.3 is 0 Å². The number of methoxy groups -OCH3 is 2. The van der Waals surface area contributed by atoms with Crippen LogP contribution in [0.3, 0.4) is 0 Å². The highest BCUT2D eigenvalue weighted by Crippen LogP contribution is 2.38. The number of hydrogen-bond acceptors (Lipinski definition) is 4. The zero-order chi connectivity index (χ0) is 20.1. The fraction of sp³-hybridized carbons (Fsp3) is 0.409. The van der Waals surface area contributed by atoms with Gasteiger partial charge in [-0.3, -0.25) is 9.69 Å². The molecule has 1 heterocycles. The highest BCUT2D eigenvalue weighted by Gasteiger charge is 2.30. The lowest BCUT2D eigenvalue weighted by Gasteiger charge is -2.28. The van der Waals surface area contributed by atoms with Crippen molar-refractivity contribution in [3.63, 3.8) is 0 Å². The first-order chi connectivity index (χ1) is 13.5. The van der Waals surface area contributed by atoms with Crippen molar-refractivity contribution < 1.29 is 18.7 Å². The van der Waals surface area contributed by atoms with Gasteiger partial charge in [0.1, 0.15) is 17.3 Å². The van der Waals surface area contributed by atoms with Gasteiger partial charge in [0.2, 0.25) is 5.91 Å². The standard InChI is InChI=1S/C22H27FN2O3/c1-24(14-16-6-8-17(23)9-7-16)22(26)15-25-12-4-5-20(25)19-11-10-18(27-2)13-21(19)28-3/h6-11,13,20H,4-5,12,14-15H2,1-3H3/t20-/m1/s1. The van der Waals surface area contributed by atoms with Gasteiger partial charge in [0.25, 0.3) is 0 Å². The Balaban J connectivity index is 1.67. The van der Waals surface area contributed by atoms with Crippen LogP contribution in [0.15, 0.2) is 42.5 Å². The van der Waals surface area contributed by atoms with E-state index in [0.29, 0.717) is 13.1 Å². The molecule has 1 saturated heterocycles. The van der Waals surface area contributed by atoms with E-state index in [0.717, 1.165) is 42.0 Å². The summed E-state index contributed by atoms with van der Waals surface area (Å²) in [6, 6.07) is 12.2. The number of hydrogen-bond donors (Lipinski definition) is 0. The molecule has 0 spiro atoms. The summed E-state index contributed by atoms with van der Waals surface area (Å²) in [4.78, 5) is 16.7. The largest absolute Gasteiger partial charge is 0.497 e. The van der Waals surface area contributed by atoms with Crippen LogP contribution >= 0.6 is 0 Å². The Morgan fingerprint density at radius 1 is 1.18 bits per heavy atom. The van der Waals surface area contributed by atoms with Gasteiger partial charge in [-0.15, -0.1) is 0 Å². The smallest absolute Gasteiger partial charge is 0.236 e. The molecule has 0 saturated carbocycles. The molecule has 1 aliphatic heterocycles. The number of likely N-dealkylation sites (N-methyl/N-ethyl adjacent to an activating group) is 1. The van der Waals surface area contributed by atoms with Crippen LogP contribution in [0.4, 0.5) is 4.39 Å². The van der Waals surface area contributed by atoms with Gasteiger partial charge in [0.15, 0.2) is 0 Å². The van der Waals surface area contributed by atoms with Crippen LogP contribution in [-0.4, -0.2) is 50.1 Å². The maximum Gasteiger partial charge on any atom is 0.236 e. The number of nitrogens with zero attached hydrogens (tertiary/aromatic N) is 2. The summed E-state index contributed by atoms with van der Waals surface area (Å²) < 4.78 is 23.9. The van der Waals surface area contributed by atoms with Crippen LogP contribution < -0.4 is 9.47 Å². The van der Waals surface area contributed by atoms with Crippen LogP contribution in [0.25, 0.3) is 0 Å². The number of rotatable bonds is 7. The van der Waals surface area contributed by atoms with E-state index >= 15 is 0 Å². The Hall–Kier alpha value is -2.60. The number of ether oxygens (including phenoxy) is 2. The lowest BCUT2D eigenvalue weighted by atomic mass is 10.0. The van der Waals surface area contributed by atoms with Crippen LogP contribution in [0.2, 0.25) is 0 Å². The molecular formula is C22H27FN2O3. The molecule has 0 unspecified atom stereocenters. The van der Waals surface area contributed by atoms with Crippen molar-refractivity contribution in [3.8, 4) is 11.5 Å². The molecular weight excluding hydrogens is 359 g/mol. The van der Waals surface area contributed by atoms with Gasteiger partial charge in [0, 0.05) is 31.3 Å². The second-order valence-corrected chi connectivity index (χ2v) is 7.11. The third-order valence-electron chi connectivity index (χ3n) is 5.26. The molecule has 0 radical (unpaired) electrons. The first-order valence-corrected chi connectivity index (χ1v) is 9.46. The van der Waals surface area contributed by atoms with E-state index in [1.165, 1.54) is 12.1 Å². The Kier molecular flexibility index (Phi) is 6.52. The van der Waals surface area contributed by atoms with Crippen LogP contribution in [0.1, 0.15) is 30.0 Å². The van der Waals surface area contributed by atoms with Crippen molar-refractivity contribution in [2.24, 2.45) is 0 Å². The zero-order valence-corrected chi connectivity index (χ0v) is 16.7. The fourth-order valence-corrected chi connectivity index (χ4v) is 3.71. The van der Waals surface area contributed by atoms with Gasteiger partial charge in [-0.1, -0.05) is 18.2 Å². The van der Waals surface area contributed by atoms with Crippen molar-refractivity contribution in [1.29, 1.82) is 0 Å². The number of carbonyl (C=O) groups is 1. The molecule has 150 valence electrons. The van der Waals surface area contributed by atoms with E-state index in [4.69, 9.17) is 9.47 Å². The molecule has 3 rings (SSSR count). The molecule has 1 aliphatic rings. The quantitative estimate of drug-likeness (QED) is 0.729. The van der Waals surface area contributed by atoms with Crippen molar-refractivity contribution in [3.05, 3.63) is 59.4 Å². The average molecular weight is 386 g/mol. The summed E-state index contributed by atoms with van der Waals surface area (Å²) in [7, 11) is 5.07. The second-order valence-electron chi connectivity index (χ2n) is 7.11. The molecule has 0 aromatic heterocycles. The molecule has 0 N–H and O–H groups in total. The molecule has 5 nitrogen and oxygen atoms in total. The molecule has 1 fully saturated rings. The summed E-state index contributed by atoms with van der Waals surface area (Å²) in [6.45, 7) is 1.68. The number of likely N-dealkylation sites (tertiary alicyclic amines) is 1. The third-order valence-corrected chi connectivity index (χ3v) is 5.26. The average Bonchev–Trinajstić information content (AvgIpc) is 3.16. The third kappa shape index (κ3) is 4.62. The Morgan fingerprint density at radius 3 is 2.61 bits per heavy atom. The number of amides is 1. The number of halogens is 1. The molecule has 2 aromatic rings. The van der Waals surface area contributed by atoms with E-state index in [9.17, 15) is 9.18 Å². The minimum absolute atomic E-state index is 0.0451. The first kappa shape index (κ1) is 20.1. The van der Waals surface area contributed by atoms with E-state index in [1.807, 2.05) is 18.2 Å². The number of carbonyl (C=O) groups excluding carboxylic acids is 1. The lowest BCUT2D eigenvalue weighted by molar-refractivity contribution is -0.131. The van der Waals surface area contributed by atoms with Crippen LogP contribution in [0.5, 0.6) is 11.5 Å². The van der Waals surface area contributed by atoms with Gasteiger partial charge in [-0.2, -0.15) is 0 Å². The highest BCUT2D eigenvalue weighted by molar-refractivity contribution is 5.78. The van der Waals surface area contributed by atoms with E-state index in [-0.39, 0.29) is 17.8 Å². The zero-order valence-electron chi connectivity index (χ0n) is 16.7. The topological polar surface area (TPSA) is 42.0 Å². The molecule has 1 amide bonds. The predicted molar refractivity (Wildman–Crippen MR) is 106 cm³/mol. The van der Waals surface area contributed by atoms with Crippen molar-refractivity contribution in [1.82, 2.24) is 9.80 Å². The van der Waals surface area contributed by atoms with Crippen molar-refractivity contribution in [2.45, 2.75) is 25.4 Å². The summed E-state index contributed by atoms with van der Waals surface area (Å²) in [5, 5.41) is 0. The van der Waals surface area contributed by atoms with Crippen LogP contribution in [-0.2, 0) is 11.3 Å². The Morgan fingerprint density at radius 2 is 1.93 bits per heavy atom. The fourth-order valence-electron chi connectivity index (χ4n) is 3.71. The summed E-state index contributed by atoms with van der Waals surface area (Å²) in [5.41, 5.74) is 1.99. The van der Waals surface area contributed by atoms with E-state index in [1.54, 1.807) is 38.3 Å². The van der Waals surface area contributed by atoms with Crippen molar-refractivity contribution in [2.75, 3.05) is 34.4 Å². The van der Waals surface area contributed by atoms with Gasteiger partial charge in [0.05, 0.1) is 20.8 Å². The number of benzene rings is 2. The summed E-state index contributed by atoms with van der Waals surface area (Å²) in [6.07, 6.45) is 2.02. The SMILES string of the molecule is COc1ccc([C@H]2CCCN2CC(=O)N(C)Cc2ccc(F)cc2)c(OC)c1. The van der Waals surface area contributed by atoms with Gasteiger partial charge in [-0.25, -0.2) is 4.39 Å². The molecule has 0 bridgehead atoms. The maximum atomic E-state index is 13.1. The summed E-state index contributed by atoms with van der Waals surface area (Å²) >= 11 is 0. The molecule has 0 aliphatic carbocycles. The van der Waals surface area contributed by atoms with Crippen molar-refractivity contribution >= 4 is 5.91 Å². The normalized spacial score (nSPS) is 16.8. The molecule has 28 heavy (non-hydrogen) atoms. The highest BCUT2D eigenvalue weighted by atomic mass is 19.1. The molecule has 1 atom stereocenters. The minimum Gasteiger partial charge on any atom is -0.497 e.